The number of hydrogen-bond donors (Lipinski definition) is 1. The third-order valence-electron chi connectivity index (χ3n) is 4.16. The van der Waals surface area contributed by atoms with E-state index in [1.165, 1.54) is 11.9 Å². The maximum Gasteiger partial charge on any atom is 0.271 e. The fraction of sp³-hybridized carbons (Fsp3) is 0.294. The fourth-order valence-electron chi connectivity index (χ4n) is 2.71. The molecule has 2 amide bonds. The predicted molar refractivity (Wildman–Crippen MR) is 89.9 cm³/mol. The number of nitrogens with one attached hydrogen (secondary N) is 1. The molecule has 1 aliphatic rings. The molecule has 26 heavy (non-hydrogen) atoms. The monoisotopic (exact) mass is 361 g/mol. The van der Waals surface area contributed by atoms with Gasteiger partial charge < -0.3 is 15.1 Å². The van der Waals surface area contributed by atoms with Crippen LogP contribution < -0.4 is 10.2 Å². The lowest BCUT2D eigenvalue weighted by molar-refractivity contribution is 0.0741. The third kappa shape index (κ3) is 3.61. The van der Waals surface area contributed by atoms with Gasteiger partial charge in [-0.1, -0.05) is 0 Å². The Morgan fingerprint density at radius 3 is 2.35 bits per heavy atom. The van der Waals surface area contributed by atoms with Crippen molar-refractivity contribution in [2.75, 3.05) is 38.1 Å². The minimum Gasteiger partial charge on any atom is -0.354 e. The van der Waals surface area contributed by atoms with Gasteiger partial charge in [-0.15, -0.1) is 10.2 Å². The van der Waals surface area contributed by atoms with Crippen LogP contribution in [-0.4, -0.2) is 60.1 Å². The van der Waals surface area contributed by atoms with E-state index < -0.39 is 17.5 Å². The lowest BCUT2D eigenvalue weighted by Gasteiger charge is -2.35. The Balaban J connectivity index is 1.63. The van der Waals surface area contributed by atoms with Crippen LogP contribution >= 0.6 is 0 Å². The van der Waals surface area contributed by atoms with E-state index in [-0.39, 0.29) is 17.2 Å². The van der Waals surface area contributed by atoms with E-state index in [1.54, 1.807) is 12.1 Å². The number of piperazine rings is 1. The van der Waals surface area contributed by atoms with Crippen LogP contribution in [0.1, 0.15) is 20.8 Å². The summed E-state index contributed by atoms with van der Waals surface area (Å²) in [6.07, 6.45) is 0. The van der Waals surface area contributed by atoms with Crippen molar-refractivity contribution in [1.82, 2.24) is 20.4 Å². The molecule has 0 spiro atoms. The highest BCUT2D eigenvalue weighted by Crippen LogP contribution is 2.17. The molecule has 1 N–H and O–H groups in total. The molecule has 0 atom stereocenters. The van der Waals surface area contributed by atoms with E-state index in [0.717, 1.165) is 12.1 Å². The Morgan fingerprint density at radius 1 is 1.04 bits per heavy atom. The molecule has 9 heteroatoms. The standard InChI is InChI=1S/C17H17F2N5O2/c1-20-16(25)14-4-5-15(22-21-14)23-6-8-24(9-7-23)17(26)12-3-2-11(18)10-13(12)19/h2-5,10H,6-9H2,1H3,(H,20,25). The van der Waals surface area contributed by atoms with Crippen LogP contribution in [0.25, 0.3) is 0 Å². The molecule has 0 saturated carbocycles. The molecule has 1 aromatic carbocycles. The van der Waals surface area contributed by atoms with Crippen molar-refractivity contribution in [2.45, 2.75) is 0 Å². The Morgan fingerprint density at radius 2 is 1.77 bits per heavy atom. The minimum atomic E-state index is -0.868. The number of rotatable bonds is 3. The van der Waals surface area contributed by atoms with Crippen LogP contribution in [0.15, 0.2) is 30.3 Å². The maximum absolute atomic E-state index is 13.8. The largest absolute Gasteiger partial charge is 0.354 e. The summed E-state index contributed by atoms with van der Waals surface area (Å²) >= 11 is 0. The first-order valence-corrected chi connectivity index (χ1v) is 8.04. The van der Waals surface area contributed by atoms with Gasteiger partial charge in [0.2, 0.25) is 0 Å². The molecular formula is C17H17F2N5O2. The van der Waals surface area contributed by atoms with Gasteiger partial charge in [0.15, 0.2) is 11.5 Å². The summed E-state index contributed by atoms with van der Waals surface area (Å²) < 4.78 is 26.8. The summed E-state index contributed by atoms with van der Waals surface area (Å²) in [6, 6.07) is 6.19. The van der Waals surface area contributed by atoms with Crippen LogP contribution in [0.3, 0.4) is 0 Å². The highest BCUT2D eigenvalue weighted by atomic mass is 19.1. The van der Waals surface area contributed by atoms with Crippen LogP contribution in [0.2, 0.25) is 0 Å². The van der Waals surface area contributed by atoms with E-state index in [9.17, 15) is 18.4 Å². The number of benzene rings is 1. The van der Waals surface area contributed by atoms with Gasteiger partial charge in [-0.25, -0.2) is 8.78 Å². The number of aromatic nitrogens is 2. The maximum atomic E-state index is 13.8. The second-order valence-corrected chi connectivity index (χ2v) is 5.76. The topological polar surface area (TPSA) is 78.4 Å². The Hall–Kier alpha value is -3.10. The Labute approximate surface area is 148 Å². The second-order valence-electron chi connectivity index (χ2n) is 5.76. The molecule has 0 aliphatic carbocycles. The van der Waals surface area contributed by atoms with Gasteiger partial charge >= 0.3 is 0 Å². The average molecular weight is 361 g/mol. The number of halogens is 2. The lowest BCUT2D eigenvalue weighted by atomic mass is 10.1. The van der Waals surface area contributed by atoms with E-state index >= 15 is 0 Å². The number of anilines is 1. The van der Waals surface area contributed by atoms with Gasteiger partial charge in [0, 0.05) is 39.3 Å². The van der Waals surface area contributed by atoms with Crippen LogP contribution in [-0.2, 0) is 0 Å². The predicted octanol–water partition coefficient (Wildman–Crippen LogP) is 1.08. The molecule has 3 rings (SSSR count). The molecule has 2 aromatic rings. The smallest absolute Gasteiger partial charge is 0.271 e. The first-order valence-electron chi connectivity index (χ1n) is 8.04. The van der Waals surface area contributed by atoms with Crippen molar-refractivity contribution in [3.05, 3.63) is 53.2 Å². The number of hydrogen-bond acceptors (Lipinski definition) is 5. The molecule has 7 nitrogen and oxygen atoms in total. The van der Waals surface area contributed by atoms with Crippen molar-refractivity contribution in [3.63, 3.8) is 0 Å². The summed E-state index contributed by atoms with van der Waals surface area (Å²) in [7, 11) is 1.51. The van der Waals surface area contributed by atoms with E-state index in [4.69, 9.17) is 0 Å². The first-order chi connectivity index (χ1) is 12.5. The summed E-state index contributed by atoms with van der Waals surface area (Å²) in [5, 5.41) is 10.4. The molecular weight excluding hydrogens is 344 g/mol. The van der Waals surface area contributed by atoms with Crippen molar-refractivity contribution < 1.29 is 18.4 Å². The van der Waals surface area contributed by atoms with Gasteiger partial charge in [0.05, 0.1) is 5.56 Å². The summed E-state index contributed by atoms with van der Waals surface area (Å²) in [5.74, 6) is -1.78. The molecule has 1 aromatic heterocycles. The van der Waals surface area contributed by atoms with Gasteiger partial charge in [-0.2, -0.15) is 0 Å². The summed E-state index contributed by atoms with van der Waals surface area (Å²) in [6.45, 7) is 1.72. The fourth-order valence-corrected chi connectivity index (χ4v) is 2.71. The van der Waals surface area contributed by atoms with Gasteiger partial charge in [-0.3, -0.25) is 9.59 Å². The van der Waals surface area contributed by atoms with Crippen LogP contribution in [0, 0.1) is 11.6 Å². The van der Waals surface area contributed by atoms with E-state index in [2.05, 4.69) is 15.5 Å². The van der Waals surface area contributed by atoms with Crippen LogP contribution in [0.4, 0.5) is 14.6 Å². The Kier molecular flexibility index (Phi) is 5.06. The third-order valence-corrected chi connectivity index (χ3v) is 4.16. The molecule has 136 valence electrons. The quantitative estimate of drug-likeness (QED) is 0.885. The highest BCUT2D eigenvalue weighted by molar-refractivity contribution is 5.94. The van der Waals surface area contributed by atoms with Gasteiger partial charge in [-0.05, 0) is 24.3 Å². The average Bonchev–Trinajstić information content (AvgIpc) is 2.67. The normalized spacial score (nSPS) is 14.3. The molecule has 2 heterocycles. The van der Waals surface area contributed by atoms with Crippen LogP contribution in [0.5, 0.6) is 0 Å². The lowest BCUT2D eigenvalue weighted by Crippen LogP contribution is -2.49. The van der Waals surface area contributed by atoms with Gasteiger partial charge in [0.25, 0.3) is 11.8 Å². The highest BCUT2D eigenvalue weighted by Gasteiger charge is 2.25. The second kappa shape index (κ2) is 7.42. The molecule has 0 radical (unpaired) electrons. The van der Waals surface area contributed by atoms with Crippen molar-refractivity contribution in [3.8, 4) is 0 Å². The molecule has 0 unspecified atom stereocenters. The number of carbonyl (C=O) groups excluding carboxylic acids is 2. The zero-order valence-electron chi connectivity index (χ0n) is 14.1. The molecule has 1 fully saturated rings. The first kappa shape index (κ1) is 17.7. The zero-order chi connectivity index (χ0) is 18.7. The number of amides is 2. The summed E-state index contributed by atoms with van der Waals surface area (Å²) in [4.78, 5) is 27.3. The SMILES string of the molecule is CNC(=O)c1ccc(N2CCN(C(=O)c3ccc(F)cc3F)CC2)nn1. The Bertz CT molecular complexity index is 820. The molecule has 1 aliphatic heterocycles. The number of nitrogens with zero attached hydrogens (tertiary/aromatic N) is 4. The van der Waals surface area contributed by atoms with E-state index in [0.29, 0.717) is 38.1 Å². The van der Waals surface area contributed by atoms with Gasteiger partial charge in [0.1, 0.15) is 11.6 Å². The molecule has 0 bridgehead atoms. The van der Waals surface area contributed by atoms with Crippen molar-refractivity contribution in [2.24, 2.45) is 0 Å². The number of carbonyl (C=O) groups is 2. The summed E-state index contributed by atoms with van der Waals surface area (Å²) in [5.41, 5.74) is 0.0754. The zero-order valence-corrected chi connectivity index (χ0v) is 14.1. The van der Waals surface area contributed by atoms with Crippen molar-refractivity contribution in [1.29, 1.82) is 0 Å². The van der Waals surface area contributed by atoms with E-state index in [1.807, 2.05) is 4.90 Å². The van der Waals surface area contributed by atoms with Crippen molar-refractivity contribution >= 4 is 17.6 Å². The minimum absolute atomic E-state index is 0.144. The molecule has 1 saturated heterocycles.